The first-order chi connectivity index (χ1) is 14.8. The molecule has 1 aromatic rings. The summed E-state index contributed by atoms with van der Waals surface area (Å²) in [7, 11) is 0. The van der Waals surface area contributed by atoms with Gasteiger partial charge in [0.1, 0.15) is 0 Å². The standard InChI is InChI=1S/C22H28F6N2O2/c1-14(15-9-16(21(23,24)25)11-17(10-15)22(26,27)28)32-13-20(2)7-6-18(12-29-20)30-8-4-3-5-19(30)31/h9-11,14,18,29H,3-8,12-13H2,1-2H3/t14-,18?,20-/m1/s1. The Kier molecular flexibility index (Phi) is 7.14. The molecule has 1 amide bonds. The van der Waals surface area contributed by atoms with Crippen LogP contribution in [-0.2, 0) is 21.9 Å². The van der Waals surface area contributed by atoms with Crippen molar-refractivity contribution in [1.82, 2.24) is 10.2 Å². The Morgan fingerprint density at radius 2 is 1.75 bits per heavy atom. The number of likely N-dealkylation sites (tertiary alicyclic amines) is 1. The SMILES string of the molecule is C[C@@H](OC[C@@]1(C)CCC(N2CCCCC2=O)CN1)c1cc(C(F)(F)F)cc(C(F)(F)F)c1. The molecule has 1 unspecified atom stereocenters. The Balaban J connectivity index is 1.64. The minimum absolute atomic E-state index is 0.0890. The lowest BCUT2D eigenvalue weighted by molar-refractivity contribution is -0.143. The summed E-state index contributed by atoms with van der Waals surface area (Å²) in [6, 6.07) is 1.61. The van der Waals surface area contributed by atoms with E-state index in [1.807, 2.05) is 11.8 Å². The van der Waals surface area contributed by atoms with Crippen LogP contribution in [0.5, 0.6) is 0 Å². The van der Waals surface area contributed by atoms with Crippen LogP contribution in [0.2, 0.25) is 0 Å². The van der Waals surface area contributed by atoms with Gasteiger partial charge in [0.15, 0.2) is 0 Å². The van der Waals surface area contributed by atoms with Crippen molar-refractivity contribution in [2.75, 3.05) is 19.7 Å². The molecule has 0 saturated carbocycles. The predicted octanol–water partition coefficient (Wildman–Crippen LogP) is 5.33. The van der Waals surface area contributed by atoms with E-state index in [4.69, 9.17) is 4.74 Å². The molecule has 2 aliphatic heterocycles. The molecule has 180 valence electrons. The molecule has 0 aliphatic carbocycles. The van der Waals surface area contributed by atoms with Crippen LogP contribution in [0.15, 0.2) is 18.2 Å². The molecule has 3 rings (SSSR count). The maximum atomic E-state index is 13.1. The zero-order chi connectivity index (χ0) is 23.7. The minimum atomic E-state index is -4.90. The van der Waals surface area contributed by atoms with Crippen molar-refractivity contribution in [3.8, 4) is 0 Å². The highest BCUT2D eigenvalue weighted by molar-refractivity contribution is 5.77. The smallest absolute Gasteiger partial charge is 0.372 e. The molecule has 2 fully saturated rings. The van der Waals surface area contributed by atoms with Crippen LogP contribution in [0, 0.1) is 0 Å². The Morgan fingerprint density at radius 3 is 2.25 bits per heavy atom. The average molecular weight is 466 g/mol. The van der Waals surface area contributed by atoms with E-state index in [-0.39, 0.29) is 30.2 Å². The second kappa shape index (κ2) is 9.21. The first kappa shape index (κ1) is 24.8. The van der Waals surface area contributed by atoms with Gasteiger partial charge in [0.05, 0.1) is 23.8 Å². The second-order valence-corrected chi connectivity index (χ2v) is 8.97. The second-order valence-electron chi connectivity index (χ2n) is 8.97. The Bertz CT molecular complexity index is 783. The van der Waals surface area contributed by atoms with E-state index in [1.54, 1.807) is 0 Å². The summed E-state index contributed by atoms with van der Waals surface area (Å²) in [6.45, 7) is 4.78. The van der Waals surface area contributed by atoms with Crippen molar-refractivity contribution in [3.05, 3.63) is 34.9 Å². The van der Waals surface area contributed by atoms with E-state index in [2.05, 4.69) is 5.32 Å². The third kappa shape index (κ3) is 5.95. The van der Waals surface area contributed by atoms with Gasteiger partial charge in [-0.05, 0) is 63.3 Å². The largest absolute Gasteiger partial charge is 0.416 e. The number of hydrogen-bond donors (Lipinski definition) is 1. The summed E-state index contributed by atoms with van der Waals surface area (Å²) in [5.74, 6) is 0.154. The molecule has 4 nitrogen and oxygen atoms in total. The Morgan fingerprint density at radius 1 is 1.12 bits per heavy atom. The van der Waals surface area contributed by atoms with Gasteiger partial charge in [-0.1, -0.05) is 0 Å². The summed E-state index contributed by atoms with van der Waals surface area (Å²) in [6.07, 6.45) is -6.87. The number of nitrogens with zero attached hydrogens (tertiary/aromatic N) is 1. The zero-order valence-corrected chi connectivity index (χ0v) is 18.1. The summed E-state index contributed by atoms with van der Waals surface area (Å²) in [5, 5.41) is 3.36. The molecule has 32 heavy (non-hydrogen) atoms. The number of rotatable bonds is 5. The van der Waals surface area contributed by atoms with Gasteiger partial charge in [-0.2, -0.15) is 26.3 Å². The number of ether oxygens (including phenoxy) is 1. The number of nitrogens with one attached hydrogen (secondary N) is 1. The van der Waals surface area contributed by atoms with E-state index >= 15 is 0 Å². The lowest BCUT2D eigenvalue weighted by atomic mass is 9.88. The minimum Gasteiger partial charge on any atom is -0.372 e. The third-order valence-corrected chi connectivity index (χ3v) is 6.33. The maximum absolute atomic E-state index is 13.1. The molecule has 2 heterocycles. The van der Waals surface area contributed by atoms with Crippen LogP contribution < -0.4 is 5.32 Å². The van der Waals surface area contributed by atoms with Crippen molar-refractivity contribution in [1.29, 1.82) is 0 Å². The summed E-state index contributed by atoms with van der Waals surface area (Å²) in [4.78, 5) is 14.0. The topological polar surface area (TPSA) is 41.6 Å². The van der Waals surface area contributed by atoms with Gasteiger partial charge in [0, 0.05) is 31.1 Å². The van der Waals surface area contributed by atoms with Crippen molar-refractivity contribution in [3.63, 3.8) is 0 Å². The number of hydrogen-bond acceptors (Lipinski definition) is 3. The molecular formula is C22H28F6N2O2. The van der Waals surface area contributed by atoms with Gasteiger partial charge in [0.25, 0.3) is 0 Å². The molecule has 0 spiro atoms. The van der Waals surface area contributed by atoms with Crippen molar-refractivity contribution >= 4 is 5.91 Å². The molecule has 0 bridgehead atoms. The van der Waals surface area contributed by atoms with Crippen molar-refractivity contribution in [2.45, 2.75) is 76.0 Å². The number of benzene rings is 1. The van der Waals surface area contributed by atoms with Crippen LogP contribution in [0.25, 0.3) is 0 Å². The van der Waals surface area contributed by atoms with Gasteiger partial charge in [-0.25, -0.2) is 0 Å². The van der Waals surface area contributed by atoms with Gasteiger partial charge in [-0.15, -0.1) is 0 Å². The fourth-order valence-electron chi connectivity index (χ4n) is 4.26. The molecule has 0 radical (unpaired) electrons. The summed E-state index contributed by atoms with van der Waals surface area (Å²) in [5.41, 5.74) is -3.37. The Labute approximate surface area is 183 Å². The van der Waals surface area contributed by atoms with Crippen LogP contribution in [-0.4, -0.2) is 42.1 Å². The number of halogens is 6. The number of carbonyl (C=O) groups is 1. The number of piperidine rings is 2. The van der Waals surface area contributed by atoms with Crippen LogP contribution >= 0.6 is 0 Å². The quantitative estimate of drug-likeness (QED) is 0.597. The molecule has 1 N–H and O–H groups in total. The normalized spacial score (nSPS) is 26.3. The summed E-state index contributed by atoms with van der Waals surface area (Å²) >= 11 is 0. The monoisotopic (exact) mass is 466 g/mol. The van der Waals surface area contributed by atoms with Crippen LogP contribution in [0.4, 0.5) is 26.3 Å². The summed E-state index contributed by atoms with van der Waals surface area (Å²) < 4.78 is 84.4. The lowest BCUT2D eigenvalue weighted by Crippen LogP contribution is -2.59. The molecule has 2 aliphatic rings. The highest BCUT2D eigenvalue weighted by Gasteiger charge is 2.38. The van der Waals surface area contributed by atoms with Crippen molar-refractivity contribution in [2.24, 2.45) is 0 Å². The molecule has 1 aromatic carbocycles. The first-order valence-corrected chi connectivity index (χ1v) is 10.7. The molecular weight excluding hydrogens is 438 g/mol. The zero-order valence-electron chi connectivity index (χ0n) is 18.1. The van der Waals surface area contributed by atoms with E-state index in [0.29, 0.717) is 31.5 Å². The molecule has 3 atom stereocenters. The highest BCUT2D eigenvalue weighted by atomic mass is 19.4. The van der Waals surface area contributed by atoms with Crippen LogP contribution in [0.3, 0.4) is 0 Å². The van der Waals surface area contributed by atoms with E-state index in [9.17, 15) is 31.1 Å². The number of alkyl halides is 6. The van der Waals surface area contributed by atoms with Gasteiger partial charge < -0.3 is 15.0 Å². The predicted molar refractivity (Wildman–Crippen MR) is 106 cm³/mol. The Hall–Kier alpha value is -1.81. The highest BCUT2D eigenvalue weighted by Crippen LogP contribution is 2.38. The first-order valence-electron chi connectivity index (χ1n) is 10.7. The lowest BCUT2D eigenvalue weighted by Gasteiger charge is -2.44. The van der Waals surface area contributed by atoms with E-state index < -0.39 is 35.1 Å². The van der Waals surface area contributed by atoms with Gasteiger partial charge in [0.2, 0.25) is 5.91 Å². The molecule has 0 aromatic heterocycles. The fraction of sp³-hybridized carbons (Fsp3) is 0.682. The van der Waals surface area contributed by atoms with Gasteiger partial charge in [-0.3, -0.25) is 4.79 Å². The number of amides is 1. The van der Waals surface area contributed by atoms with E-state index in [1.165, 1.54) is 6.92 Å². The molecule has 2 saturated heterocycles. The number of carbonyl (C=O) groups excluding carboxylic acids is 1. The van der Waals surface area contributed by atoms with Crippen LogP contribution in [0.1, 0.15) is 68.7 Å². The molecule has 10 heteroatoms. The fourth-order valence-corrected chi connectivity index (χ4v) is 4.26. The van der Waals surface area contributed by atoms with Gasteiger partial charge >= 0.3 is 12.4 Å². The maximum Gasteiger partial charge on any atom is 0.416 e. The van der Waals surface area contributed by atoms with Crippen molar-refractivity contribution < 1.29 is 35.9 Å². The van der Waals surface area contributed by atoms with E-state index in [0.717, 1.165) is 25.8 Å². The average Bonchev–Trinajstić information content (AvgIpc) is 2.72. The third-order valence-electron chi connectivity index (χ3n) is 6.33.